The molecule has 0 amide bonds. The van der Waals surface area contributed by atoms with Crippen LogP contribution in [0.5, 0.6) is 0 Å². The fraction of sp³-hybridized carbons (Fsp3) is 0.947. The Balaban J connectivity index is 1.73. The highest BCUT2D eigenvalue weighted by molar-refractivity contribution is 5.83. The van der Waals surface area contributed by atoms with Crippen LogP contribution < -0.4 is 0 Å². The van der Waals surface area contributed by atoms with Crippen molar-refractivity contribution < 1.29 is 15.0 Å². The zero-order chi connectivity index (χ0) is 15.7. The molecule has 4 fully saturated rings. The van der Waals surface area contributed by atoms with Gasteiger partial charge in [0.25, 0.3) is 0 Å². The molecule has 0 saturated heterocycles. The number of aliphatic hydroxyl groups excluding tert-OH is 2. The maximum atomic E-state index is 13.0. The van der Waals surface area contributed by atoms with E-state index in [0.29, 0.717) is 18.1 Å². The highest BCUT2D eigenvalue weighted by atomic mass is 16.3. The largest absolute Gasteiger partial charge is 0.393 e. The average molecular weight is 306 g/mol. The summed E-state index contributed by atoms with van der Waals surface area (Å²) in [7, 11) is 0. The fourth-order valence-electron chi connectivity index (χ4n) is 7.03. The molecule has 22 heavy (non-hydrogen) atoms. The molecule has 4 aliphatic rings. The predicted octanol–water partition coefficient (Wildman–Crippen LogP) is 2.93. The van der Waals surface area contributed by atoms with E-state index in [1.807, 2.05) is 0 Å². The van der Waals surface area contributed by atoms with Gasteiger partial charge < -0.3 is 10.2 Å². The third-order valence-electron chi connectivity index (χ3n) is 8.15. The van der Waals surface area contributed by atoms with Crippen LogP contribution in [0.3, 0.4) is 0 Å². The first kappa shape index (κ1) is 15.1. The van der Waals surface area contributed by atoms with Crippen molar-refractivity contribution in [2.45, 2.75) is 77.4 Å². The number of carbonyl (C=O) groups is 1. The van der Waals surface area contributed by atoms with Gasteiger partial charge in [-0.1, -0.05) is 20.3 Å². The first-order valence-corrected chi connectivity index (χ1v) is 9.24. The van der Waals surface area contributed by atoms with Gasteiger partial charge in [-0.25, -0.2) is 0 Å². The summed E-state index contributed by atoms with van der Waals surface area (Å²) < 4.78 is 0. The number of rotatable bonds is 0. The van der Waals surface area contributed by atoms with Crippen molar-refractivity contribution >= 4 is 5.78 Å². The Hall–Kier alpha value is -0.410. The second kappa shape index (κ2) is 4.80. The third kappa shape index (κ3) is 1.91. The second-order valence-electron chi connectivity index (χ2n) is 9.28. The van der Waals surface area contributed by atoms with Gasteiger partial charge in [0.2, 0.25) is 0 Å². The minimum absolute atomic E-state index is 0.0428. The lowest BCUT2D eigenvalue weighted by atomic mass is 9.44. The minimum atomic E-state index is -0.337. The van der Waals surface area contributed by atoms with Gasteiger partial charge in [-0.2, -0.15) is 0 Å². The third-order valence-corrected chi connectivity index (χ3v) is 8.15. The van der Waals surface area contributed by atoms with Crippen molar-refractivity contribution in [2.24, 2.45) is 34.5 Å². The number of ketones is 1. The van der Waals surface area contributed by atoms with E-state index in [4.69, 9.17) is 0 Å². The van der Waals surface area contributed by atoms with Crippen LogP contribution in [0.25, 0.3) is 0 Å². The van der Waals surface area contributed by atoms with Crippen LogP contribution in [0.15, 0.2) is 0 Å². The Morgan fingerprint density at radius 3 is 2.68 bits per heavy atom. The molecule has 3 heteroatoms. The van der Waals surface area contributed by atoms with E-state index in [1.165, 1.54) is 19.3 Å². The number of hydrogen-bond acceptors (Lipinski definition) is 3. The first-order valence-electron chi connectivity index (χ1n) is 9.24. The molecule has 4 rings (SSSR count). The van der Waals surface area contributed by atoms with E-state index in [1.54, 1.807) is 0 Å². The Morgan fingerprint density at radius 1 is 1.14 bits per heavy atom. The van der Waals surface area contributed by atoms with Crippen LogP contribution in [-0.2, 0) is 4.79 Å². The molecular formula is C19H30O3. The standard InChI is InChI=1S/C19H30O3/c1-18-6-3-4-13(18)16-14(21)9-11-8-12(20)5-7-19(11,2)17(16)15(22)10-18/h11-13,15-17,20,22H,3-10H2,1-2H3/t11-,12-,13-,15-,16-,17+,18-,19+/m1/s1. The van der Waals surface area contributed by atoms with Gasteiger partial charge in [-0.3, -0.25) is 4.79 Å². The van der Waals surface area contributed by atoms with Gasteiger partial charge in [-0.05, 0) is 61.2 Å². The summed E-state index contributed by atoms with van der Waals surface area (Å²) in [6, 6.07) is 0. The van der Waals surface area contributed by atoms with Crippen LogP contribution in [0.4, 0.5) is 0 Å². The highest BCUT2D eigenvalue weighted by Gasteiger charge is 2.63. The monoisotopic (exact) mass is 306 g/mol. The Bertz CT molecular complexity index is 489. The Morgan fingerprint density at radius 2 is 1.91 bits per heavy atom. The van der Waals surface area contributed by atoms with Crippen LogP contribution in [0, 0.1) is 34.5 Å². The molecule has 0 spiro atoms. The molecule has 0 heterocycles. The Labute approximate surface area is 133 Å². The number of Topliss-reactive ketones (excluding diaryl/α,β-unsaturated/α-hetero) is 1. The second-order valence-corrected chi connectivity index (χ2v) is 9.28. The molecule has 4 aliphatic carbocycles. The van der Waals surface area contributed by atoms with Crippen molar-refractivity contribution in [1.82, 2.24) is 0 Å². The summed E-state index contributed by atoms with van der Waals surface area (Å²) in [4.78, 5) is 13.0. The summed E-state index contributed by atoms with van der Waals surface area (Å²) in [6.07, 6.45) is 7.02. The molecule has 0 radical (unpaired) electrons. The minimum Gasteiger partial charge on any atom is -0.393 e. The Kier molecular flexibility index (Phi) is 3.30. The molecule has 2 N–H and O–H groups in total. The van der Waals surface area contributed by atoms with Gasteiger partial charge in [0.05, 0.1) is 12.2 Å². The molecule has 0 bridgehead atoms. The average Bonchev–Trinajstić information content (AvgIpc) is 2.81. The normalized spacial score (nSPS) is 57.9. The topological polar surface area (TPSA) is 57.5 Å². The van der Waals surface area contributed by atoms with Crippen LogP contribution in [0.1, 0.15) is 65.2 Å². The molecule has 0 aliphatic heterocycles. The van der Waals surface area contributed by atoms with Crippen molar-refractivity contribution in [3.05, 3.63) is 0 Å². The smallest absolute Gasteiger partial charge is 0.136 e. The van der Waals surface area contributed by atoms with Crippen LogP contribution in [0.2, 0.25) is 0 Å². The van der Waals surface area contributed by atoms with Gasteiger partial charge in [0.1, 0.15) is 5.78 Å². The van der Waals surface area contributed by atoms with Crippen molar-refractivity contribution in [3.8, 4) is 0 Å². The summed E-state index contributed by atoms with van der Waals surface area (Å²) in [5.41, 5.74) is 0.217. The summed E-state index contributed by atoms with van der Waals surface area (Å²) in [5.74, 6) is 1.34. The number of hydrogen-bond donors (Lipinski definition) is 2. The van der Waals surface area contributed by atoms with E-state index >= 15 is 0 Å². The van der Waals surface area contributed by atoms with Gasteiger partial charge in [-0.15, -0.1) is 0 Å². The lowest BCUT2D eigenvalue weighted by molar-refractivity contribution is -0.181. The lowest BCUT2D eigenvalue weighted by Crippen LogP contribution is -2.61. The van der Waals surface area contributed by atoms with Crippen molar-refractivity contribution in [3.63, 3.8) is 0 Å². The van der Waals surface area contributed by atoms with E-state index in [-0.39, 0.29) is 40.8 Å². The number of aliphatic hydroxyl groups is 2. The van der Waals surface area contributed by atoms with Crippen molar-refractivity contribution in [2.75, 3.05) is 0 Å². The first-order chi connectivity index (χ1) is 10.3. The van der Waals surface area contributed by atoms with Crippen LogP contribution >= 0.6 is 0 Å². The maximum Gasteiger partial charge on any atom is 0.136 e. The molecule has 4 saturated carbocycles. The molecule has 0 unspecified atom stereocenters. The molecule has 3 nitrogen and oxygen atoms in total. The van der Waals surface area contributed by atoms with Gasteiger partial charge >= 0.3 is 0 Å². The molecular weight excluding hydrogens is 276 g/mol. The van der Waals surface area contributed by atoms with E-state index in [0.717, 1.165) is 25.7 Å². The number of carbonyl (C=O) groups excluding carboxylic acids is 1. The van der Waals surface area contributed by atoms with E-state index in [9.17, 15) is 15.0 Å². The summed E-state index contributed by atoms with van der Waals surface area (Å²) in [6.45, 7) is 4.60. The summed E-state index contributed by atoms with van der Waals surface area (Å²) >= 11 is 0. The van der Waals surface area contributed by atoms with Gasteiger partial charge in [0, 0.05) is 18.3 Å². The molecule has 8 atom stereocenters. The van der Waals surface area contributed by atoms with Gasteiger partial charge in [0.15, 0.2) is 0 Å². The zero-order valence-corrected chi connectivity index (χ0v) is 13.9. The SMILES string of the molecule is C[C@]12CCC[C@@H]1[C@@H]1C(=O)C[C@H]3C[C@H](O)CC[C@]3(C)[C@H]1[C@H](O)C2. The highest BCUT2D eigenvalue weighted by Crippen LogP contribution is 2.65. The van der Waals surface area contributed by atoms with E-state index < -0.39 is 0 Å². The molecule has 0 aromatic rings. The van der Waals surface area contributed by atoms with Crippen molar-refractivity contribution in [1.29, 1.82) is 0 Å². The molecule has 0 aromatic carbocycles. The molecule has 0 aromatic heterocycles. The lowest BCUT2D eigenvalue weighted by Gasteiger charge is -2.60. The van der Waals surface area contributed by atoms with Crippen LogP contribution in [-0.4, -0.2) is 28.2 Å². The van der Waals surface area contributed by atoms with E-state index in [2.05, 4.69) is 13.8 Å². The number of fused-ring (bicyclic) bond motifs is 5. The predicted molar refractivity (Wildman–Crippen MR) is 84.1 cm³/mol. The molecule has 124 valence electrons. The zero-order valence-electron chi connectivity index (χ0n) is 13.9. The maximum absolute atomic E-state index is 13.0. The summed E-state index contributed by atoms with van der Waals surface area (Å²) in [5, 5.41) is 21.0. The fourth-order valence-corrected chi connectivity index (χ4v) is 7.03. The quantitative estimate of drug-likeness (QED) is 0.723.